The van der Waals surface area contributed by atoms with Crippen LogP contribution in [0.4, 0.5) is 11.4 Å². The predicted molar refractivity (Wildman–Crippen MR) is 415 cm³/mol. The Kier molecular flexibility index (Phi) is 37.5. The third-order valence-corrected chi connectivity index (χ3v) is 18.6. The number of halogens is 1. The van der Waals surface area contributed by atoms with E-state index in [0.717, 1.165) is 39.9 Å². The van der Waals surface area contributed by atoms with Crippen molar-refractivity contribution in [3.05, 3.63) is 252 Å². The highest BCUT2D eigenvalue weighted by molar-refractivity contribution is 9.10. The lowest BCUT2D eigenvalue weighted by Gasteiger charge is -2.37. The van der Waals surface area contributed by atoms with E-state index in [-0.39, 0.29) is 83.4 Å². The molecule has 0 spiro atoms. The van der Waals surface area contributed by atoms with Gasteiger partial charge in [-0.3, -0.25) is 44.2 Å². The lowest BCUT2D eigenvalue weighted by atomic mass is 9.66. The second-order valence-corrected chi connectivity index (χ2v) is 29.3. The van der Waals surface area contributed by atoms with Gasteiger partial charge in [-0.2, -0.15) is 0 Å². The number of ether oxygens (including phenoxy) is 6. The molecule has 0 aromatic heterocycles. The molecule has 0 radical (unpaired) electrons. The molecule has 4 aliphatic carbocycles. The Morgan fingerprint density at radius 2 is 1.08 bits per heavy atom. The largest absolute Gasteiger partial charge is 0.493 e. The minimum Gasteiger partial charge on any atom is -0.493 e. The average Bonchev–Trinajstić information content (AvgIpc) is 1.56. The topological polar surface area (TPSA) is 261 Å². The van der Waals surface area contributed by atoms with E-state index in [4.69, 9.17) is 23.7 Å². The SMILES string of the molecule is C.C.CC(=O)OC(C)(C)c1ccc(-c2ccccc2)cc1.CC(CC(C)C)=C1C(=O)CC(C)(C)CC1=O.CC1(c2ccc(Br)cc2)C2C=CC=CC2C2C=CC=CC21.CCOC(C)=O.COCc1ccccc1.COc1cc(COC(C)=O)c([N+](=O)[O-])cc1OC.CS(=O)(=O)c1ccccc1[N+](=O)[O-]. The number of hydrogen-bond acceptors (Lipinski definition) is 17. The van der Waals surface area contributed by atoms with Gasteiger partial charge in [0, 0.05) is 62.9 Å². The summed E-state index contributed by atoms with van der Waals surface area (Å²) < 4.78 is 52.7. The molecule has 0 bridgehead atoms. The third-order valence-electron chi connectivity index (χ3n) is 16.9. The molecule has 6 aromatic rings. The molecule has 10 rings (SSSR count). The highest BCUT2D eigenvalue weighted by atomic mass is 79.9. The van der Waals surface area contributed by atoms with Crippen LogP contribution in [0.15, 0.2) is 215 Å². The van der Waals surface area contributed by atoms with E-state index in [0.29, 0.717) is 67.0 Å². The molecule has 0 saturated heterocycles. The van der Waals surface area contributed by atoms with Gasteiger partial charge in [-0.15, -0.1) is 0 Å². The molecule has 2 saturated carbocycles. The summed E-state index contributed by atoms with van der Waals surface area (Å²) in [6.07, 6.45) is 21.3. The number of ketones is 2. The molecule has 19 nitrogen and oxygen atoms in total. The Morgan fingerprint density at radius 1 is 0.615 bits per heavy atom. The minimum atomic E-state index is -3.52. The van der Waals surface area contributed by atoms with Gasteiger partial charge in [0.1, 0.15) is 17.1 Å². The first-order valence-electron chi connectivity index (χ1n) is 33.3. The van der Waals surface area contributed by atoms with Crippen molar-refractivity contribution in [1.29, 1.82) is 0 Å². The van der Waals surface area contributed by atoms with E-state index in [9.17, 15) is 52.6 Å². The molecule has 0 amide bonds. The zero-order chi connectivity index (χ0) is 76.1. The molecule has 0 heterocycles. The fourth-order valence-electron chi connectivity index (χ4n) is 12.4. The van der Waals surface area contributed by atoms with Crippen molar-refractivity contribution in [1.82, 2.24) is 0 Å². The first kappa shape index (κ1) is 90.6. The van der Waals surface area contributed by atoms with E-state index in [1.807, 2.05) is 95.3 Å². The number of benzene rings is 6. The molecule has 4 atom stereocenters. The highest BCUT2D eigenvalue weighted by Gasteiger charge is 2.55. The van der Waals surface area contributed by atoms with Crippen LogP contribution >= 0.6 is 15.9 Å². The maximum atomic E-state index is 12.0. The van der Waals surface area contributed by atoms with Gasteiger partial charge in [0.25, 0.3) is 11.4 Å². The third kappa shape index (κ3) is 27.6. The number of esters is 3. The van der Waals surface area contributed by atoms with E-state index >= 15 is 0 Å². The van der Waals surface area contributed by atoms with Crippen LogP contribution in [0.3, 0.4) is 0 Å². The van der Waals surface area contributed by atoms with Gasteiger partial charge in [0.2, 0.25) is 0 Å². The van der Waals surface area contributed by atoms with Crippen molar-refractivity contribution in [2.75, 3.05) is 34.2 Å². The van der Waals surface area contributed by atoms with Crippen molar-refractivity contribution in [2.24, 2.45) is 35.0 Å². The summed E-state index contributed by atoms with van der Waals surface area (Å²) in [6.45, 7) is 23.2. The number of fused-ring (bicyclic) bond motifs is 3. The van der Waals surface area contributed by atoms with Crippen LogP contribution in [0.1, 0.15) is 139 Å². The number of Topliss-reactive ketones (excluding diaryl/α,β-unsaturated/α-hetero) is 2. The summed E-state index contributed by atoms with van der Waals surface area (Å²) in [7, 11) is 0.979. The average molecular weight is 1510 g/mol. The number of nitro groups is 2. The summed E-state index contributed by atoms with van der Waals surface area (Å²) >= 11 is 3.56. The number of para-hydroxylation sites is 1. The molecule has 6 aromatic carbocycles. The fraction of sp³-hybridized carbons (Fsp3) is 0.386. The summed E-state index contributed by atoms with van der Waals surface area (Å²) in [5.74, 6) is 2.55. The fourth-order valence-corrected chi connectivity index (χ4v) is 13.5. The maximum absolute atomic E-state index is 12.0. The van der Waals surface area contributed by atoms with Crippen molar-refractivity contribution in [2.45, 2.75) is 146 Å². The molecular weight excluding hydrogens is 1410 g/mol. The number of nitrogens with zero attached hydrogens (tertiary/aromatic N) is 2. The first-order valence-corrected chi connectivity index (χ1v) is 35.9. The summed E-state index contributed by atoms with van der Waals surface area (Å²) in [5.41, 5.74) is 6.55. The van der Waals surface area contributed by atoms with Crippen LogP contribution in [-0.4, -0.2) is 81.9 Å². The number of hydrogen-bond donors (Lipinski definition) is 0. The van der Waals surface area contributed by atoms with Gasteiger partial charge >= 0.3 is 17.9 Å². The van der Waals surface area contributed by atoms with E-state index < -0.39 is 31.3 Å². The lowest BCUT2D eigenvalue weighted by Crippen LogP contribution is -2.34. The predicted octanol–water partition coefficient (Wildman–Crippen LogP) is 19.2. The van der Waals surface area contributed by atoms with Gasteiger partial charge in [-0.25, -0.2) is 8.42 Å². The van der Waals surface area contributed by atoms with Crippen molar-refractivity contribution in [3.8, 4) is 22.6 Å². The van der Waals surface area contributed by atoms with Crippen molar-refractivity contribution >= 4 is 66.6 Å². The molecule has 562 valence electrons. The highest BCUT2D eigenvalue weighted by Crippen LogP contribution is 2.59. The van der Waals surface area contributed by atoms with Gasteiger partial charge in [0.05, 0.1) is 54.5 Å². The standard InChI is InChI=1S/C20H19Br.C17H18O2.C14H22O2.C11H13NO6.C8H10O.C7H7NO4S.C4H8O2.2CH4/c1-20(14-10-12-15(21)13-11-14)18-8-4-2-6-16(18)17-7-3-5-9-19(17)20;1-13(18)19-17(2,3)16-11-9-15(10-12-16)14-7-5-4-6-8-14;1-9(2)6-10(3)13-11(15)7-14(4,5)8-12(13)16;1-7(13)18-6-8-4-10(16-2)11(17-3)5-9(8)12(14)15;1-9-7-8-5-3-2-4-6-8;1-13(11,12)7-5-3-2-4-6(7)8(9)10;1-3-6-4(2)5;;/h2-13,16-19H,1H3;4-12H,1-3H3;9H,6-8H2,1-5H3;4-5H,6H2,1-3H3;2-6H,7H2,1H3;2-5H,1H3;3H2,1-2H3;2*1H4. The minimum absolute atomic E-state index is 0. The smallest absolute Gasteiger partial charge is 0.303 e. The molecular formula is C83H105BrN2O17S. The van der Waals surface area contributed by atoms with Crippen molar-refractivity contribution < 1.29 is 70.7 Å². The number of sulfone groups is 1. The Hall–Kier alpha value is -9.44. The molecule has 0 aliphatic heterocycles. The number of methoxy groups -OCH3 is 3. The summed E-state index contributed by atoms with van der Waals surface area (Å²) in [5, 5.41) is 21.3. The number of nitro benzene ring substituents is 2. The second kappa shape index (κ2) is 43.0. The number of rotatable bonds is 16. The van der Waals surface area contributed by atoms with Gasteiger partial charge < -0.3 is 28.4 Å². The number of allylic oxidation sites excluding steroid dienone is 10. The van der Waals surface area contributed by atoms with Gasteiger partial charge in [0.15, 0.2) is 32.9 Å². The van der Waals surface area contributed by atoms with Crippen LogP contribution in [0.2, 0.25) is 0 Å². The lowest BCUT2D eigenvalue weighted by molar-refractivity contribution is -0.387. The molecule has 2 fully saturated rings. The zero-order valence-corrected chi connectivity index (χ0v) is 63.6. The van der Waals surface area contributed by atoms with Crippen LogP contribution in [0.5, 0.6) is 11.5 Å². The monoisotopic (exact) mass is 1510 g/mol. The normalized spacial score (nSPS) is 17.5. The Balaban J connectivity index is 0.000000421. The zero-order valence-electron chi connectivity index (χ0n) is 61.2. The number of carbonyl (C=O) groups is 5. The Labute approximate surface area is 624 Å². The maximum Gasteiger partial charge on any atom is 0.303 e. The van der Waals surface area contributed by atoms with Gasteiger partial charge in [-0.05, 0) is 121 Å². The molecule has 4 aliphatic rings. The van der Waals surface area contributed by atoms with Crippen LogP contribution in [-0.2, 0) is 77.0 Å². The summed E-state index contributed by atoms with van der Waals surface area (Å²) in [4.78, 5) is 75.4. The van der Waals surface area contributed by atoms with Crippen molar-refractivity contribution in [3.63, 3.8) is 0 Å². The van der Waals surface area contributed by atoms with Crippen LogP contribution < -0.4 is 9.47 Å². The Bertz CT molecular complexity index is 4030. The quantitative estimate of drug-likeness (QED) is 0.0218. The van der Waals surface area contributed by atoms with E-state index in [1.165, 1.54) is 82.0 Å². The van der Waals surface area contributed by atoms with E-state index in [2.05, 4.69) is 139 Å². The Morgan fingerprint density at radius 3 is 1.50 bits per heavy atom. The molecule has 4 unspecified atom stereocenters. The first-order chi connectivity index (χ1) is 48.0. The van der Waals surface area contributed by atoms with Gasteiger partial charge in [-0.1, -0.05) is 229 Å². The molecule has 0 N–H and O–H groups in total. The van der Waals surface area contributed by atoms with Crippen LogP contribution in [0, 0.1) is 55.2 Å². The molecule has 104 heavy (non-hydrogen) atoms. The summed E-state index contributed by atoms with van der Waals surface area (Å²) in [6, 6.07) is 45.2. The second-order valence-electron chi connectivity index (χ2n) is 26.4. The van der Waals surface area contributed by atoms with E-state index in [1.54, 1.807) is 14.0 Å². The molecule has 21 heteroatoms. The van der Waals surface area contributed by atoms with Crippen LogP contribution in [0.25, 0.3) is 11.1 Å². The number of carbonyl (C=O) groups excluding carboxylic acids is 5.